The highest BCUT2D eigenvalue weighted by molar-refractivity contribution is 6.02. The van der Waals surface area contributed by atoms with Crippen LogP contribution in [-0.4, -0.2) is 15.9 Å². The fourth-order valence-electron chi connectivity index (χ4n) is 3.39. The molecule has 4 heteroatoms. The molecule has 0 atom stereocenters. The number of benzene rings is 3. The Morgan fingerprint density at radius 2 is 1.57 bits per heavy atom. The predicted molar refractivity (Wildman–Crippen MR) is 114 cm³/mol. The minimum atomic E-state index is -0.261. The fourth-order valence-corrected chi connectivity index (χ4v) is 3.39. The number of aryl methyl sites for hydroxylation is 2. The van der Waals surface area contributed by atoms with Crippen LogP contribution in [0.5, 0.6) is 5.88 Å². The summed E-state index contributed by atoms with van der Waals surface area (Å²) in [6.45, 7) is 4.04. The van der Waals surface area contributed by atoms with E-state index in [9.17, 15) is 9.90 Å². The third-order valence-corrected chi connectivity index (χ3v) is 4.80. The molecule has 0 aliphatic carbocycles. The van der Waals surface area contributed by atoms with Crippen LogP contribution in [0.15, 0.2) is 82.6 Å². The topological polar surface area (TPSA) is 54.6 Å². The van der Waals surface area contributed by atoms with Gasteiger partial charge in [-0.15, -0.1) is 0 Å². The number of aromatic hydroxyl groups is 1. The Bertz CT molecular complexity index is 1260. The second-order valence-electron chi connectivity index (χ2n) is 6.81. The lowest BCUT2D eigenvalue weighted by molar-refractivity contribution is 0.436. The third-order valence-electron chi connectivity index (χ3n) is 4.80. The van der Waals surface area contributed by atoms with Gasteiger partial charge in [-0.05, 0) is 43.7 Å². The van der Waals surface area contributed by atoms with Crippen molar-refractivity contribution in [3.05, 3.63) is 99.8 Å². The van der Waals surface area contributed by atoms with E-state index in [0.29, 0.717) is 22.0 Å². The van der Waals surface area contributed by atoms with Crippen molar-refractivity contribution in [2.45, 2.75) is 13.8 Å². The molecule has 0 saturated carbocycles. The molecule has 4 aromatic rings. The Morgan fingerprint density at radius 3 is 2.29 bits per heavy atom. The smallest absolute Gasteiger partial charge is 0.265 e. The van der Waals surface area contributed by atoms with Gasteiger partial charge in [0.15, 0.2) is 0 Å². The molecular weight excluding hydrogens is 348 g/mol. The zero-order chi connectivity index (χ0) is 19.7. The lowest BCUT2D eigenvalue weighted by Crippen LogP contribution is -2.20. The monoisotopic (exact) mass is 368 g/mol. The average Bonchev–Trinajstić information content (AvgIpc) is 2.70. The summed E-state index contributed by atoms with van der Waals surface area (Å²) in [4.78, 5) is 17.6. The van der Waals surface area contributed by atoms with Crippen LogP contribution in [0, 0.1) is 13.8 Å². The Kier molecular flexibility index (Phi) is 4.53. The Morgan fingerprint density at radius 1 is 0.893 bits per heavy atom. The highest BCUT2D eigenvalue weighted by atomic mass is 16.3. The van der Waals surface area contributed by atoms with Crippen LogP contribution in [0.3, 0.4) is 0 Å². The van der Waals surface area contributed by atoms with Gasteiger partial charge in [-0.2, -0.15) is 0 Å². The lowest BCUT2D eigenvalue weighted by Gasteiger charge is -2.13. The number of fused-ring (bicyclic) bond motifs is 1. The van der Waals surface area contributed by atoms with Gasteiger partial charge in [0, 0.05) is 17.0 Å². The van der Waals surface area contributed by atoms with Crippen molar-refractivity contribution in [1.82, 2.24) is 4.57 Å². The molecule has 0 radical (unpaired) electrons. The van der Waals surface area contributed by atoms with Crippen LogP contribution in [-0.2, 0) is 0 Å². The van der Waals surface area contributed by atoms with Crippen molar-refractivity contribution in [3.63, 3.8) is 0 Å². The van der Waals surface area contributed by atoms with Gasteiger partial charge in [0.05, 0.1) is 16.9 Å². The van der Waals surface area contributed by atoms with Gasteiger partial charge in [-0.25, -0.2) is 4.57 Å². The van der Waals surface area contributed by atoms with Crippen molar-refractivity contribution in [1.29, 1.82) is 0 Å². The van der Waals surface area contributed by atoms with E-state index >= 15 is 0 Å². The molecule has 0 aliphatic heterocycles. The zero-order valence-electron chi connectivity index (χ0n) is 15.8. The largest absolute Gasteiger partial charge is 0.494 e. The first-order chi connectivity index (χ1) is 13.6. The molecule has 4 rings (SSSR count). The van der Waals surface area contributed by atoms with Gasteiger partial charge in [-0.1, -0.05) is 54.1 Å². The number of pyridine rings is 1. The molecular formula is C24H20N2O2. The SMILES string of the molecule is Cc1ccc(N=Cc2c(O)n(-c3ccccc3)c(=O)c3ccccc23)c(C)c1. The van der Waals surface area contributed by atoms with Crippen LogP contribution in [0.1, 0.15) is 16.7 Å². The highest BCUT2D eigenvalue weighted by Crippen LogP contribution is 2.27. The number of aliphatic imine (C=N–C) groups is 1. The first-order valence-corrected chi connectivity index (χ1v) is 9.10. The highest BCUT2D eigenvalue weighted by Gasteiger charge is 2.16. The standard InChI is InChI=1S/C24H20N2O2/c1-16-12-13-22(17(2)14-16)25-15-21-19-10-6-7-11-20(19)23(27)26(24(21)28)18-8-4-3-5-9-18/h3-15,28H,1-2H3. The summed E-state index contributed by atoms with van der Waals surface area (Å²) < 4.78 is 1.33. The molecule has 0 bridgehead atoms. The number of hydrogen-bond acceptors (Lipinski definition) is 3. The number of para-hydroxylation sites is 1. The van der Waals surface area contributed by atoms with Gasteiger partial charge in [0.2, 0.25) is 5.88 Å². The molecule has 1 aromatic heterocycles. The van der Waals surface area contributed by atoms with E-state index in [4.69, 9.17) is 0 Å². The molecule has 4 nitrogen and oxygen atoms in total. The number of hydrogen-bond donors (Lipinski definition) is 1. The summed E-state index contributed by atoms with van der Waals surface area (Å²) in [5, 5.41) is 12.2. The van der Waals surface area contributed by atoms with Crippen LogP contribution < -0.4 is 5.56 Å². The summed E-state index contributed by atoms with van der Waals surface area (Å²) in [7, 11) is 0. The number of rotatable bonds is 3. The van der Waals surface area contributed by atoms with Gasteiger partial charge >= 0.3 is 0 Å². The maximum Gasteiger partial charge on any atom is 0.265 e. The van der Waals surface area contributed by atoms with Crippen LogP contribution >= 0.6 is 0 Å². The molecule has 0 unspecified atom stereocenters. The summed E-state index contributed by atoms with van der Waals surface area (Å²) in [6, 6.07) is 22.4. The normalized spacial score (nSPS) is 11.4. The fraction of sp³-hybridized carbons (Fsp3) is 0.0833. The summed E-state index contributed by atoms with van der Waals surface area (Å²) in [5.74, 6) is -0.122. The van der Waals surface area contributed by atoms with Crippen LogP contribution in [0.4, 0.5) is 5.69 Å². The minimum Gasteiger partial charge on any atom is -0.494 e. The number of aromatic nitrogens is 1. The Labute approximate surface area is 163 Å². The van der Waals surface area contributed by atoms with Crippen molar-refractivity contribution in [2.75, 3.05) is 0 Å². The van der Waals surface area contributed by atoms with Gasteiger partial charge in [0.25, 0.3) is 5.56 Å². The van der Waals surface area contributed by atoms with E-state index in [-0.39, 0.29) is 11.4 Å². The van der Waals surface area contributed by atoms with Gasteiger partial charge in [-0.3, -0.25) is 9.79 Å². The van der Waals surface area contributed by atoms with Crippen LogP contribution in [0.25, 0.3) is 16.5 Å². The predicted octanol–water partition coefficient (Wildman–Crippen LogP) is 5.06. The van der Waals surface area contributed by atoms with Gasteiger partial charge < -0.3 is 5.11 Å². The van der Waals surface area contributed by atoms with Crippen LogP contribution in [0.2, 0.25) is 0 Å². The first kappa shape index (κ1) is 17.7. The van der Waals surface area contributed by atoms with E-state index in [1.165, 1.54) is 10.1 Å². The maximum atomic E-state index is 13.0. The molecule has 138 valence electrons. The summed E-state index contributed by atoms with van der Waals surface area (Å²) in [6.07, 6.45) is 1.63. The van der Waals surface area contributed by atoms with E-state index in [1.807, 2.05) is 62.4 Å². The van der Waals surface area contributed by atoms with Crippen molar-refractivity contribution >= 4 is 22.7 Å². The van der Waals surface area contributed by atoms with E-state index < -0.39 is 0 Å². The first-order valence-electron chi connectivity index (χ1n) is 9.10. The van der Waals surface area contributed by atoms with Crippen molar-refractivity contribution in [2.24, 2.45) is 4.99 Å². The van der Waals surface area contributed by atoms with Crippen molar-refractivity contribution in [3.8, 4) is 11.6 Å². The second-order valence-corrected chi connectivity index (χ2v) is 6.81. The van der Waals surface area contributed by atoms with E-state index in [0.717, 1.165) is 11.3 Å². The van der Waals surface area contributed by atoms with Crippen molar-refractivity contribution < 1.29 is 5.11 Å². The quantitative estimate of drug-likeness (QED) is 0.514. The molecule has 1 heterocycles. The Hall–Kier alpha value is -3.66. The maximum absolute atomic E-state index is 13.0. The van der Waals surface area contributed by atoms with E-state index in [2.05, 4.69) is 11.1 Å². The summed E-state index contributed by atoms with van der Waals surface area (Å²) >= 11 is 0. The van der Waals surface area contributed by atoms with E-state index in [1.54, 1.807) is 24.4 Å². The number of nitrogens with zero attached hydrogens (tertiary/aromatic N) is 2. The molecule has 0 amide bonds. The molecule has 28 heavy (non-hydrogen) atoms. The summed E-state index contributed by atoms with van der Waals surface area (Å²) in [5.41, 5.74) is 3.91. The molecule has 0 aliphatic rings. The van der Waals surface area contributed by atoms with Gasteiger partial charge in [0.1, 0.15) is 0 Å². The zero-order valence-corrected chi connectivity index (χ0v) is 15.8. The molecule has 1 N–H and O–H groups in total. The Balaban J connectivity index is 1.97. The lowest BCUT2D eigenvalue weighted by atomic mass is 10.1. The average molecular weight is 368 g/mol. The molecule has 0 fully saturated rings. The minimum absolute atomic E-state index is 0.122. The molecule has 0 spiro atoms. The molecule has 0 saturated heterocycles. The molecule has 3 aromatic carbocycles. The third kappa shape index (κ3) is 3.09. The second kappa shape index (κ2) is 7.16.